The Morgan fingerprint density at radius 2 is 2.30 bits per heavy atom. The summed E-state index contributed by atoms with van der Waals surface area (Å²) >= 11 is 5.67. The number of halogens is 1. The molecule has 1 N–H and O–H groups in total. The van der Waals surface area contributed by atoms with Crippen molar-refractivity contribution in [1.82, 2.24) is 25.3 Å². The molecule has 2 aromatic rings. The van der Waals surface area contributed by atoms with Crippen molar-refractivity contribution in [1.29, 1.82) is 0 Å². The van der Waals surface area contributed by atoms with Crippen molar-refractivity contribution >= 4 is 17.5 Å². The average Bonchev–Trinajstić information content (AvgIpc) is 2.87. The minimum atomic E-state index is -0.0547. The largest absolute Gasteiger partial charge is 0.355 e. The molecule has 20 heavy (non-hydrogen) atoms. The summed E-state index contributed by atoms with van der Waals surface area (Å²) in [6, 6.07) is 3.36. The lowest BCUT2D eigenvalue weighted by molar-refractivity contribution is -0.118. The van der Waals surface area contributed by atoms with Gasteiger partial charge in [-0.05, 0) is 12.1 Å². The molecule has 0 aromatic carbocycles. The van der Waals surface area contributed by atoms with Crippen LogP contribution in [-0.2, 0) is 4.79 Å². The Hall–Kier alpha value is -2.39. The molecular weight excluding hydrogens is 278 g/mol. The molecule has 0 aliphatic heterocycles. The molecule has 0 fully saturated rings. The second-order valence-corrected chi connectivity index (χ2v) is 4.31. The molecular formula is C13H12ClN5O. The summed E-state index contributed by atoms with van der Waals surface area (Å²) in [6.07, 6.45) is 3.98. The van der Waals surface area contributed by atoms with Crippen LogP contribution in [0, 0.1) is 11.8 Å². The number of rotatable bonds is 3. The fraction of sp³-hybridized carbons (Fsp3) is 0.231. The molecule has 0 saturated carbocycles. The SMILES string of the molecule is CC(=O)NCCC#Cc1cnn(-c2ccc(Cl)nn2)c1. The van der Waals surface area contributed by atoms with E-state index in [-0.39, 0.29) is 5.91 Å². The van der Waals surface area contributed by atoms with Crippen LogP contribution in [0.3, 0.4) is 0 Å². The lowest BCUT2D eigenvalue weighted by Gasteiger charge is -1.97. The molecule has 0 atom stereocenters. The zero-order chi connectivity index (χ0) is 14.4. The highest BCUT2D eigenvalue weighted by Crippen LogP contribution is 2.07. The number of aromatic nitrogens is 4. The molecule has 0 unspecified atom stereocenters. The minimum Gasteiger partial charge on any atom is -0.355 e. The highest BCUT2D eigenvalue weighted by Gasteiger charge is 2.01. The first-order valence-corrected chi connectivity index (χ1v) is 6.30. The molecule has 2 aromatic heterocycles. The Morgan fingerprint density at radius 1 is 1.45 bits per heavy atom. The molecule has 0 aliphatic carbocycles. The molecule has 2 rings (SSSR count). The van der Waals surface area contributed by atoms with Gasteiger partial charge in [0.15, 0.2) is 11.0 Å². The third-order valence-corrected chi connectivity index (χ3v) is 2.49. The van der Waals surface area contributed by atoms with Crippen LogP contribution in [0.2, 0.25) is 5.15 Å². The van der Waals surface area contributed by atoms with Gasteiger partial charge in [-0.2, -0.15) is 5.10 Å². The van der Waals surface area contributed by atoms with Crippen molar-refractivity contribution in [2.75, 3.05) is 6.54 Å². The first kappa shape index (κ1) is 14.0. The molecule has 0 aliphatic rings. The van der Waals surface area contributed by atoms with E-state index < -0.39 is 0 Å². The second-order valence-electron chi connectivity index (χ2n) is 3.92. The number of carbonyl (C=O) groups excluding carboxylic acids is 1. The number of nitrogens with zero attached hydrogens (tertiary/aromatic N) is 4. The van der Waals surface area contributed by atoms with E-state index in [1.807, 2.05) is 0 Å². The van der Waals surface area contributed by atoms with E-state index >= 15 is 0 Å². The van der Waals surface area contributed by atoms with E-state index in [9.17, 15) is 4.79 Å². The number of carbonyl (C=O) groups is 1. The summed E-state index contributed by atoms with van der Waals surface area (Å²) in [5, 5.41) is 14.8. The summed E-state index contributed by atoms with van der Waals surface area (Å²) in [4.78, 5) is 10.7. The first-order chi connectivity index (χ1) is 9.65. The maximum atomic E-state index is 10.7. The van der Waals surface area contributed by atoms with Crippen molar-refractivity contribution in [2.24, 2.45) is 0 Å². The van der Waals surface area contributed by atoms with Gasteiger partial charge in [-0.3, -0.25) is 4.79 Å². The van der Waals surface area contributed by atoms with Crippen LogP contribution in [0.1, 0.15) is 18.9 Å². The summed E-state index contributed by atoms with van der Waals surface area (Å²) in [5.74, 6) is 6.43. The zero-order valence-electron chi connectivity index (χ0n) is 10.8. The van der Waals surface area contributed by atoms with E-state index in [2.05, 4.69) is 32.5 Å². The molecule has 102 valence electrons. The predicted octanol–water partition coefficient (Wildman–Crippen LogP) is 1.19. The highest BCUT2D eigenvalue weighted by atomic mass is 35.5. The average molecular weight is 290 g/mol. The van der Waals surface area contributed by atoms with E-state index in [0.717, 1.165) is 5.56 Å². The lowest BCUT2D eigenvalue weighted by atomic mass is 10.3. The Labute approximate surface area is 121 Å². The van der Waals surface area contributed by atoms with Crippen molar-refractivity contribution < 1.29 is 4.79 Å². The maximum absolute atomic E-state index is 10.7. The quantitative estimate of drug-likeness (QED) is 0.680. The highest BCUT2D eigenvalue weighted by molar-refractivity contribution is 6.29. The molecule has 0 saturated heterocycles. The smallest absolute Gasteiger partial charge is 0.216 e. The van der Waals surface area contributed by atoms with Crippen molar-refractivity contribution in [3.8, 4) is 17.7 Å². The molecule has 0 radical (unpaired) electrons. The second kappa shape index (κ2) is 6.68. The van der Waals surface area contributed by atoms with Gasteiger partial charge in [0.2, 0.25) is 5.91 Å². The van der Waals surface area contributed by atoms with Gasteiger partial charge in [-0.25, -0.2) is 4.68 Å². The Bertz CT molecular complexity index is 653. The number of nitrogens with one attached hydrogen (secondary N) is 1. The van der Waals surface area contributed by atoms with Crippen molar-refractivity contribution in [2.45, 2.75) is 13.3 Å². The van der Waals surface area contributed by atoms with Gasteiger partial charge < -0.3 is 5.32 Å². The van der Waals surface area contributed by atoms with Gasteiger partial charge in [0.1, 0.15) is 0 Å². The Morgan fingerprint density at radius 3 is 3.00 bits per heavy atom. The van der Waals surface area contributed by atoms with E-state index in [1.54, 1.807) is 29.2 Å². The minimum absolute atomic E-state index is 0.0547. The summed E-state index contributed by atoms with van der Waals surface area (Å²) in [6.45, 7) is 2.02. The molecule has 1 amide bonds. The van der Waals surface area contributed by atoms with Crippen LogP contribution in [0.5, 0.6) is 0 Å². The molecule has 7 heteroatoms. The third kappa shape index (κ3) is 4.07. The van der Waals surface area contributed by atoms with E-state index in [0.29, 0.717) is 23.9 Å². The van der Waals surface area contributed by atoms with Crippen LogP contribution in [0.4, 0.5) is 0 Å². The van der Waals surface area contributed by atoms with Gasteiger partial charge in [-0.15, -0.1) is 10.2 Å². The Balaban J connectivity index is 1.97. The predicted molar refractivity (Wildman–Crippen MR) is 74.3 cm³/mol. The summed E-state index contributed by atoms with van der Waals surface area (Å²) in [7, 11) is 0. The zero-order valence-corrected chi connectivity index (χ0v) is 11.6. The van der Waals surface area contributed by atoms with Crippen LogP contribution in [0.25, 0.3) is 5.82 Å². The topological polar surface area (TPSA) is 72.7 Å². The normalized spacial score (nSPS) is 9.70. The molecule has 0 spiro atoms. The van der Waals surface area contributed by atoms with Crippen LogP contribution >= 0.6 is 11.6 Å². The third-order valence-electron chi connectivity index (χ3n) is 2.29. The van der Waals surface area contributed by atoms with Crippen LogP contribution in [0.15, 0.2) is 24.5 Å². The monoisotopic (exact) mass is 289 g/mol. The molecule has 0 bridgehead atoms. The van der Waals surface area contributed by atoms with Crippen molar-refractivity contribution in [3.05, 3.63) is 35.2 Å². The number of hydrogen-bond acceptors (Lipinski definition) is 4. The van der Waals surface area contributed by atoms with Gasteiger partial charge in [0.05, 0.1) is 11.8 Å². The Kier molecular flexibility index (Phi) is 4.69. The van der Waals surface area contributed by atoms with Gasteiger partial charge in [0, 0.05) is 26.1 Å². The fourth-order valence-electron chi connectivity index (χ4n) is 1.41. The standard InChI is InChI=1S/C13H12ClN5O/c1-10(20)15-7-3-2-4-11-8-16-19(9-11)13-6-5-12(14)17-18-13/h5-6,8-9H,3,7H2,1H3,(H,15,20). The lowest BCUT2D eigenvalue weighted by Crippen LogP contribution is -2.20. The number of hydrogen-bond donors (Lipinski definition) is 1. The van der Waals surface area contributed by atoms with Gasteiger partial charge >= 0.3 is 0 Å². The van der Waals surface area contributed by atoms with Gasteiger partial charge in [-0.1, -0.05) is 23.4 Å². The van der Waals surface area contributed by atoms with Crippen LogP contribution < -0.4 is 5.32 Å². The summed E-state index contributed by atoms with van der Waals surface area (Å²) in [5.41, 5.74) is 0.768. The van der Waals surface area contributed by atoms with E-state index in [4.69, 9.17) is 11.6 Å². The summed E-state index contributed by atoms with van der Waals surface area (Å²) < 4.78 is 1.57. The van der Waals surface area contributed by atoms with Crippen molar-refractivity contribution in [3.63, 3.8) is 0 Å². The first-order valence-electron chi connectivity index (χ1n) is 5.93. The maximum Gasteiger partial charge on any atom is 0.216 e. The number of amides is 1. The van der Waals surface area contributed by atoms with Crippen LogP contribution in [-0.4, -0.2) is 32.4 Å². The van der Waals surface area contributed by atoms with E-state index in [1.165, 1.54) is 6.92 Å². The molecule has 6 nitrogen and oxygen atoms in total. The fourth-order valence-corrected chi connectivity index (χ4v) is 1.51. The molecule has 2 heterocycles. The van der Waals surface area contributed by atoms with Gasteiger partial charge in [0.25, 0.3) is 0 Å².